The van der Waals surface area contributed by atoms with E-state index in [1.165, 1.54) is 0 Å². The molecule has 0 aromatic rings. The molecule has 5 nitrogen and oxygen atoms in total. The van der Waals surface area contributed by atoms with Crippen molar-refractivity contribution in [3.05, 3.63) is 12.3 Å². The lowest BCUT2D eigenvalue weighted by atomic mass is 10.3. The minimum atomic E-state index is -2.99. The Morgan fingerprint density at radius 2 is 1.20 bits per heavy atom. The Kier molecular flexibility index (Phi) is 8.99. The molecule has 0 amide bonds. The van der Waals surface area contributed by atoms with E-state index in [0.29, 0.717) is 0 Å². The lowest BCUT2D eigenvalue weighted by Gasteiger charge is -2.51. The van der Waals surface area contributed by atoms with Crippen LogP contribution in [0.3, 0.4) is 0 Å². The monoisotopic (exact) mass is 408 g/mol. The highest BCUT2D eigenvalue weighted by Gasteiger charge is 2.61. The van der Waals surface area contributed by atoms with E-state index in [2.05, 4.69) is 53.5 Å². The molecule has 8 heteroatoms. The average Bonchev–Trinajstić information content (AvgIpc) is 2.55. The van der Waals surface area contributed by atoms with Gasteiger partial charge in [-0.05, 0) is 52.9 Å². The normalized spacial score (nSPS) is 18.5. The Morgan fingerprint density at radius 1 is 0.800 bits per heavy atom. The Balaban J connectivity index is 5.93. The van der Waals surface area contributed by atoms with Gasteiger partial charge in [-0.1, -0.05) is 19.5 Å². The first-order valence-electron chi connectivity index (χ1n) is 8.97. The van der Waals surface area contributed by atoms with Gasteiger partial charge in [0.1, 0.15) is 5.22 Å². The number of rotatable bonds is 12. The first-order valence-corrected chi connectivity index (χ1v) is 16.6. The zero-order chi connectivity index (χ0) is 20.2. The van der Waals surface area contributed by atoms with Gasteiger partial charge in [-0.2, -0.15) is 0 Å². The second kappa shape index (κ2) is 8.92. The third-order valence-corrected chi connectivity index (χ3v) is 15.2. The maximum atomic E-state index is 6.85. The van der Waals surface area contributed by atoms with Crippen molar-refractivity contribution in [3.63, 3.8) is 0 Å². The predicted molar refractivity (Wildman–Crippen MR) is 112 cm³/mol. The van der Waals surface area contributed by atoms with Crippen LogP contribution in [-0.4, -0.2) is 57.2 Å². The summed E-state index contributed by atoms with van der Waals surface area (Å²) in [7, 11) is -2.39. The van der Waals surface area contributed by atoms with E-state index in [1.807, 2.05) is 12.6 Å². The first-order chi connectivity index (χ1) is 11.3. The fraction of sp³-hybridized carbons (Fsp3) is 0.882. The Hall–Kier alpha value is 0.191. The minimum Gasteiger partial charge on any atom is -0.408 e. The summed E-state index contributed by atoms with van der Waals surface area (Å²) in [5.74, 6) is 0. The molecule has 2 atom stereocenters. The molecular formula is C17H40O5Si3. The van der Waals surface area contributed by atoms with Gasteiger partial charge in [-0.3, -0.25) is 0 Å². The number of hydrogen-bond acceptors (Lipinski definition) is 5. The molecule has 0 aromatic carbocycles. The van der Waals surface area contributed by atoms with E-state index in [9.17, 15) is 0 Å². The fourth-order valence-corrected chi connectivity index (χ4v) is 12.2. The molecule has 0 N–H and O–H groups in total. The molecule has 0 bridgehead atoms. The molecule has 0 heterocycles. The highest BCUT2D eigenvalue weighted by molar-refractivity contribution is 6.80. The fourth-order valence-electron chi connectivity index (χ4n) is 3.16. The zero-order valence-electron chi connectivity index (χ0n) is 18.2. The molecule has 25 heavy (non-hydrogen) atoms. The SMILES string of the molecule is C=C[Si](C)(C)OC(C)(CC)[Si](C)(C)O[C@](C)(CC)[Si](OC)(OC)OC. The van der Waals surface area contributed by atoms with Gasteiger partial charge >= 0.3 is 8.80 Å². The van der Waals surface area contributed by atoms with Crippen molar-refractivity contribution >= 4 is 25.4 Å². The smallest absolute Gasteiger partial charge is 0.408 e. The van der Waals surface area contributed by atoms with Crippen molar-refractivity contribution in [1.29, 1.82) is 0 Å². The largest absolute Gasteiger partial charge is 0.532 e. The Morgan fingerprint density at radius 3 is 1.48 bits per heavy atom. The molecule has 0 fully saturated rings. The molecule has 1 unspecified atom stereocenters. The lowest BCUT2D eigenvalue weighted by molar-refractivity contribution is -0.000240. The van der Waals surface area contributed by atoms with Crippen LogP contribution in [0.15, 0.2) is 12.3 Å². The topological polar surface area (TPSA) is 46.2 Å². The van der Waals surface area contributed by atoms with Crippen LogP contribution in [0.4, 0.5) is 0 Å². The van der Waals surface area contributed by atoms with Crippen LogP contribution in [0.5, 0.6) is 0 Å². The molecule has 150 valence electrons. The lowest BCUT2D eigenvalue weighted by Crippen LogP contribution is -2.70. The summed E-state index contributed by atoms with van der Waals surface area (Å²) >= 11 is 0. The Bertz CT molecular complexity index is 432. The summed E-state index contributed by atoms with van der Waals surface area (Å²) in [6, 6.07) is 0. The van der Waals surface area contributed by atoms with Crippen LogP contribution in [0.1, 0.15) is 40.5 Å². The van der Waals surface area contributed by atoms with E-state index in [4.69, 9.17) is 22.1 Å². The van der Waals surface area contributed by atoms with Crippen LogP contribution in [0, 0.1) is 0 Å². The molecule has 0 aliphatic heterocycles. The van der Waals surface area contributed by atoms with Gasteiger partial charge < -0.3 is 22.1 Å². The van der Waals surface area contributed by atoms with Crippen molar-refractivity contribution in [2.45, 2.75) is 77.2 Å². The van der Waals surface area contributed by atoms with Gasteiger partial charge in [0.15, 0.2) is 0 Å². The van der Waals surface area contributed by atoms with Crippen LogP contribution in [0.2, 0.25) is 26.2 Å². The summed E-state index contributed by atoms with van der Waals surface area (Å²) < 4.78 is 30.7. The summed E-state index contributed by atoms with van der Waals surface area (Å²) in [6.07, 6.45) is 1.60. The van der Waals surface area contributed by atoms with E-state index in [1.54, 1.807) is 21.3 Å². The average molecular weight is 409 g/mol. The van der Waals surface area contributed by atoms with Gasteiger partial charge in [0, 0.05) is 21.3 Å². The standard InChI is InChI=1S/C17H40O5Si3/c1-13-16(4,21-23(9,10)15-3)24(11,12)22-17(5,14-2)25(18-6,19-7)20-8/h15H,3,13-14H2,1-2,4-12H3/t16?,17-/m0/s1. The van der Waals surface area contributed by atoms with E-state index < -0.39 is 30.7 Å². The van der Waals surface area contributed by atoms with Gasteiger partial charge in [0.2, 0.25) is 16.6 Å². The van der Waals surface area contributed by atoms with Crippen molar-refractivity contribution in [2.24, 2.45) is 0 Å². The highest BCUT2D eigenvalue weighted by atomic mass is 28.4. The Labute approximate surface area is 158 Å². The highest BCUT2D eigenvalue weighted by Crippen LogP contribution is 2.39. The third kappa shape index (κ3) is 5.13. The van der Waals surface area contributed by atoms with Gasteiger partial charge in [-0.15, -0.1) is 6.58 Å². The molecule has 0 aliphatic rings. The van der Waals surface area contributed by atoms with E-state index in [-0.39, 0.29) is 5.22 Å². The van der Waals surface area contributed by atoms with Crippen molar-refractivity contribution < 1.29 is 22.1 Å². The summed E-state index contributed by atoms with van der Waals surface area (Å²) in [5, 5.41) is -0.983. The van der Waals surface area contributed by atoms with Crippen LogP contribution >= 0.6 is 0 Å². The second-order valence-electron chi connectivity index (χ2n) is 7.86. The van der Waals surface area contributed by atoms with Crippen molar-refractivity contribution in [3.8, 4) is 0 Å². The third-order valence-electron chi connectivity index (χ3n) is 5.54. The van der Waals surface area contributed by atoms with Crippen molar-refractivity contribution in [1.82, 2.24) is 0 Å². The molecule has 0 rings (SSSR count). The summed E-state index contributed by atoms with van der Waals surface area (Å²) in [5.41, 5.74) is 1.98. The second-order valence-corrected chi connectivity index (χ2v) is 19.4. The summed E-state index contributed by atoms with van der Waals surface area (Å²) in [6.45, 7) is 21.1. The first kappa shape index (κ1) is 25.2. The molecule has 0 spiro atoms. The predicted octanol–water partition coefficient (Wildman–Crippen LogP) is 4.45. The maximum absolute atomic E-state index is 6.85. The maximum Gasteiger partial charge on any atom is 0.532 e. The van der Waals surface area contributed by atoms with Gasteiger partial charge in [-0.25, -0.2) is 0 Å². The summed E-state index contributed by atoms with van der Waals surface area (Å²) in [4.78, 5) is 0. The quantitative estimate of drug-likeness (QED) is 0.446. The number of hydrogen-bond donors (Lipinski definition) is 0. The van der Waals surface area contributed by atoms with Gasteiger partial charge in [0.25, 0.3) is 0 Å². The van der Waals surface area contributed by atoms with Crippen LogP contribution in [-0.2, 0) is 22.1 Å². The van der Waals surface area contributed by atoms with Crippen LogP contribution < -0.4 is 0 Å². The van der Waals surface area contributed by atoms with Crippen molar-refractivity contribution in [2.75, 3.05) is 21.3 Å². The molecule has 0 saturated carbocycles. The molecule has 0 aliphatic carbocycles. The molecular weight excluding hydrogens is 368 g/mol. The molecule has 0 saturated heterocycles. The van der Waals surface area contributed by atoms with Gasteiger partial charge in [0.05, 0.1) is 5.22 Å². The molecule has 0 radical (unpaired) electrons. The van der Waals surface area contributed by atoms with E-state index >= 15 is 0 Å². The minimum absolute atomic E-state index is 0.345. The molecule has 0 aromatic heterocycles. The zero-order valence-corrected chi connectivity index (χ0v) is 21.2. The van der Waals surface area contributed by atoms with Crippen LogP contribution in [0.25, 0.3) is 0 Å². The van der Waals surface area contributed by atoms with E-state index in [0.717, 1.165) is 12.8 Å².